The first-order chi connectivity index (χ1) is 18.1. The van der Waals surface area contributed by atoms with E-state index in [2.05, 4.69) is 10.3 Å². The largest absolute Gasteiger partial charge is 0.486 e. The number of carbonyl (C=O) groups excluding carboxylic acids is 2. The quantitative estimate of drug-likeness (QED) is 0.427. The first kappa shape index (κ1) is 22.9. The third-order valence-corrected chi connectivity index (χ3v) is 6.60. The zero-order chi connectivity index (χ0) is 25.2. The number of imidazole rings is 1. The van der Waals surface area contributed by atoms with Gasteiger partial charge in [-0.3, -0.25) is 9.69 Å². The summed E-state index contributed by atoms with van der Waals surface area (Å²) in [4.78, 5) is 36.0. The number of rotatable bonds is 5. The van der Waals surface area contributed by atoms with Crippen molar-refractivity contribution in [1.29, 1.82) is 0 Å². The van der Waals surface area contributed by atoms with E-state index in [4.69, 9.17) is 19.2 Å². The summed E-state index contributed by atoms with van der Waals surface area (Å²) in [6.45, 7) is 1.39. The molecule has 1 fully saturated rings. The molecule has 0 aliphatic carbocycles. The standard InChI is InChI=1S/C28H26N4O5/c33-27(19-10-11-24-25(14-19)36-13-12-35-24)29-20-15-23(26-30-21-8-4-5-9-22(21)31-26)32(16-20)28(34)37-17-18-6-2-1-3-7-18/h1-11,14,20,23H,12-13,15-17H2,(H,29,33)(H,30,31)/t20-,23-/m0/s1. The van der Waals surface area contributed by atoms with Gasteiger partial charge in [-0.2, -0.15) is 0 Å². The zero-order valence-electron chi connectivity index (χ0n) is 20.1. The van der Waals surface area contributed by atoms with Gasteiger partial charge in [0.2, 0.25) is 0 Å². The van der Waals surface area contributed by atoms with Crippen LogP contribution in [0.4, 0.5) is 4.79 Å². The Morgan fingerprint density at radius 2 is 1.78 bits per heavy atom. The highest BCUT2D eigenvalue weighted by Crippen LogP contribution is 2.34. The molecule has 9 heteroatoms. The Balaban J connectivity index is 1.21. The Kier molecular flexibility index (Phi) is 6.10. The second kappa shape index (κ2) is 9.85. The predicted molar refractivity (Wildman–Crippen MR) is 135 cm³/mol. The highest BCUT2D eigenvalue weighted by atomic mass is 16.6. The van der Waals surface area contributed by atoms with Crippen LogP contribution in [0.5, 0.6) is 11.5 Å². The molecular formula is C28H26N4O5. The molecule has 1 aromatic heterocycles. The molecule has 3 aromatic carbocycles. The number of carbonyl (C=O) groups is 2. The molecule has 0 bridgehead atoms. The zero-order valence-corrected chi connectivity index (χ0v) is 20.1. The molecule has 0 saturated carbocycles. The van der Waals surface area contributed by atoms with Crippen molar-refractivity contribution in [3.8, 4) is 11.5 Å². The highest BCUT2D eigenvalue weighted by Gasteiger charge is 2.39. The van der Waals surface area contributed by atoms with Gasteiger partial charge in [0.05, 0.1) is 17.1 Å². The normalized spacial score (nSPS) is 18.5. The third kappa shape index (κ3) is 4.80. The van der Waals surface area contributed by atoms with E-state index in [0.29, 0.717) is 49.1 Å². The number of hydrogen-bond acceptors (Lipinski definition) is 6. The van der Waals surface area contributed by atoms with Crippen molar-refractivity contribution in [1.82, 2.24) is 20.2 Å². The number of H-pyrrole nitrogens is 1. The first-order valence-corrected chi connectivity index (χ1v) is 12.3. The molecular weight excluding hydrogens is 472 g/mol. The van der Waals surface area contributed by atoms with Crippen molar-refractivity contribution in [2.75, 3.05) is 19.8 Å². The van der Waals surface area contributed by atoms with Crippen LogP contribution in [0.15, 0.2) is 72.8 Å². The number of hydrogen-bond donors (Lipinski definition) is 2. The first-order valence-electron chi connectivity index (χ1n) is 12.3. The fourth-order valence-electron chi connectivity index (χ4n) is 4.79. The summed E-state index contributed by atoms with van der Waals surface area (Å²) in [7, 11) is 0. The monoisotopic (exact) mass is 498 g/mol. The minimum absolute atomic E-state index is 0.164. The van der Waals surface area contributed by atoms with Gasteiger partial charge >= 0.3 is 6.09 Å². The van der Waals surface area contributed by atoms with E-state index in [1.165, 1.54) is 0 Å². The second-order valence-electron chi connectivity index (χ2n) is 9.11. The van der Waals surface area contributed by atoms with E-state index in [0.717, 1.165) is 16.6 Å². The summed E-state index contributed by atoms with van der Waals surface area (Å²) in [5.41, 5.74) is 3.08. The van der Waals surface area contributed by atoms with Crippen molar-refractivity contribution in [3.63, 3.8) is 0 Å². The molecule has 2 aliphatic rings. The summed E-state index contributed by atoms with van der Waals surface area (Å²) < 4.78 is 16.8. The van der Waals surface area contributed by atoms with Gasteiger partial charge in [-0.15, -0.1) is 0 Å². The van der Waals surface area contributed by atoms with Gasteiger partial charge < -0.3 is 24.5 Å². The van der Waals surface area contributed by atoms with Crippen molar-refractivity contribution >= 4 is 23.0 Å². The van der Waals surface area contributed by atoms with E-state index < -0.39 is 6.09 Å². The third-order valence-electron chi connectivity index (χ3n) is 6.60. The summed E-state index contributed by atoms with van der Waals surface area (Å²) >= 11 is 0. The molecule has 6 rings (SSSR count). The molecule has 4 aromatic rings. The molecule has 9 nitrogen and oxygen atoms in total. The van der Waals surface area contributed by atoms with Crippen LogP contribution < -0.4 is 14.8 Å². The summed E-state index contributed by atoms with van der Waals surface area (Å²) in [5, 5.41) is 3.07. The lowest BCUT2D eigenvalue weighted by molar-refractivity contribution is 0.0881. The fourth-order valence-corrected chi connectivity index (χ4v) is 4.79. The van der Waals surface area contributed by atoms with Gasteiger partial charge in [0, 0.05) is 18.2 Å². The molecule has 2 N–H and O–H groups in total. The Bertz CT molecular complexity index is 1400. The fraction of sp³-hybridized carbons (Fsp3) is 0.250. The molecule has 0 spiro atoms. The number of aromatic nitrogens is 2. The Morgan fingerprint density at radius 1 is 1.00 bits per heavy atom. The lowest BCUT2D eigenvalue weighted by Gasteiger charge is -2.22. The molecule has 2 atom stereocenters. The van der Waals surface area contributed by atoms with E-state index in [9.17, 15) is 9.59 Å². The van der Waals surface area contributed by atoms with Crippen LogP contribution >= 0.6 is 0 Å². The van der Waals surface area contributed by atoms with Crippen molar-refractivity contribution in [2.24, 2.45) is 0 Å². The molecule has 3 heterocycles. The number of ether oxygens (including phenoxy) is 3. The summed E-state index contributed by atoms with van der Waals surface area (Å²) in [6, 6.07) is 21.7. The Hall–Kier alpha value is -4.53. The highest BCUT2D eigenvalue weighted by molar-refractivity contribution is 5.95. The average molecular weight is 499 g/mol. The van der Waals surface area contributed by atoms with Crippen molar-refractivity contribution in [2.45, 2.75) is 25.1 Å². The van der Waals surface area contributed by atoms with E-state index in [1.54, 1.807) is 23.1 Å². The summed E-state index contributed by atoms with van der Waals surface area (Å²) in [5.74, 6) is 1.59. The Labute approximate surface area is 213 Å². The van der Waals surface area contributed by atoms with Gasteiger partial charge in [0.25, 0.3) is 5.91 Å². The van der Waals surface area contributed by atoms with E-state index in [-0.39, 0.29) is 24.6 Å². The molecule has 37 heavy (non-hydrogen) atoms. The SMILES string of the molecule is O=C(N[C@H]1C[C@@H](c2nc3ccccc3[nH]2)N(C(=O)OCc2ccccc2)C1)c1ccc2c(c1)OCCO2. The molecule has 1 saturated heterocycles. The number of para-hydroxylation sites is 2. The molecule has 2 aliphatic heterocycles. The number of likely N-dealkylation sites (tertiary alicyclic amines) is 1. The minimum Gasteiger partial charge on any atom is -0.486 e. The smallest absolute Gasteiger partial charge is 0.410 e. The second-order valence-corrected chi connectivity index (χ2v) is 9.11. The average Bonchev–Trinajstić information content (AvgIpc) is 3.56. The van der Waals surface area contributed by atoms with Crippen molar-refractivity contribution in [3.05, 3.63) is 89.7 Å². The van der Waals surface area contributed by atoms with Gasteiger partial charge in [0.15, 0.2) is 11.5 Å². The van der Waals surface area contributed by atoms with Crippen LogP contribution in [-0.4, -0.2) is 52.7 Å². The minimum atomic E-state index is -0.453. The molecule has 0 radical (unpaired) electrons. The van der Waals surface area contributed by atoms with Crippen molar-refractivity contribution < 1.29 is 23.8 Å². The lowest BCUT2D eigenvalue weighted by atomic mass is 10.1. The maximum atomic E-state index is 13.2. The number of nitrogens with zero attached hydrogens (tertiary/aromatic N) is 2. The van der Waals surface area contributed by atoms with Gasteiger partial charge in [-0.25, -0.2) is 9.78 Å². The van der Waals surface area contributed by atoms with Crippen LogP contribution in [0.1, 0.15) is 34.2 Å². The van der Waals surface area contributed by atoms with E-state index in [1.807, 2.05) is 54.6 Å². The predicted octanol–water partition coefficient (Wildman–Crippen LogP) is 4.22. The van der Waals surface area contributed by atoms with E-state index >= 15 is 0 Å². The van der Waals surface area contributed by atoms with Gasteiger partial charge in [-0.05, 0) is 42.3 Å². The number of aromatic amines is 1. The molecule has 188 valence electrons. The van der Waals surface area contributed by atoms with Crippen LogP contribution in [0.25, 0.3) is 11.0 Å². The van der Waals surface area contributed by atoms with Gasteiger partial charge in [-0.1, -0.05) is 42.5 Å². The topological polar surface area (TPSA) is 106 Å². The number of amides is 2. The van der Waals surface area contributed by atoms with Crippen LogP contribution in [0.3, 0.4) is 0 Å². The molecule has 0 unspecified atom stereocenters. The van der Waals surface area contributed by atoms with Crippen LogP contribution in [-0.2, 0) is 11.3 Å². The van der Waals surface area contributed by atoms with Crippen LogP contribution in [0.2, 0.25) is 0 Å². The number of nitrogens with one attached hydrogen (secondary N) is 2. The maximum absolute atomic E-state index is 13.2. The number of benzene rings is 3. The maximum Gasteiger partial charge on any atom is 0.410 e. The van der Waals surface area contributed by atoms with Gasteiger partial charge in [0.1, 0.15) is 25.6 Å². The van der Waals surface area contributed by atoms with Crippen LogP contribution in [0, 0.1) is 0 Å². The Morgan fingerprint density at radius 3 is 2.62 bits per heavy atom. The number of fused-ring (bicyclic) bond motifs is 2. The lowest BCUT2D eigenvalue weighted by Crippen LogP contribution is -2.39. The summed E-state index contributed by atoms with van der Waals surface area (Å²) in [6.07, 6.45) is 0.0432. The molecule has 2 amide bonds.